The van der Waals surface area contributed by atoms with Crippen molar-refractivity contribution >= 4 is 5.91 Å². The third-order valence-electron chi connectivity index (χ3n) is 3.69. The Labute approximate surface area is 99.2 Å². The molecule has 0 aromatic carbocycles. The molecule has 1 amide bonds. The molecule has 1 rings (SSSR count). The van der Waals surface area contributed by atoms with Crippen molar-refractivity contribution in [1.82, 2.24) is 5.32 Å². The van der Waals surface area contributed by atoms with Crippen LogP contribution in [-0.2, 0) is 4.79 Å². The molecular formula is C13H26N2O. The first kappa shape index (κ1) is 13.5. The molecule has 0 radical (unpaired) electrons. The summed E-state index contributed by atoms with van der Waals surface area (Å²) in [6, 6.07) is -0.153. The first-order chi connectivity index (χ1) is 7.32. The molecule has 94 valence electrons. The van der Waals surface area contributed by atoms with Crippen molar-refractivity contribution in [2.24, 2.45) is 17.1 Å². The molecule has 1 aliphatic carbocycles. The third-order valence-corrected chi connectivity index (χ3v) is 3.69. The van der Waals surface area contributed by atoms with Crippen molar-refractivity contribution < 1.29 is 4.79 Å². The molecule has 0 heterocycles. The maximum absolute atomic E-state index is 11.9. The fraction of sp³-hybridized carbons (Fsp3) is 0.923. The van der Waals surface area contributed by atoms with Crippen LogP contribution in [-0.4, -0.2) is 18.0 Å². The predicted octanol–water partition coefficient (Wildman–Crippen LogP) is 2.05. The SMILES string of the molecule is C[C@H](NC(=O)C(N)C(C)(C)C)C1CCCC1. The molecule has 0 aliphatic heterocycles. The van der Waals surface area contributed by atoms with E-state index < -0.39 is 6.04 Å². The van der Waals surface area contributed by atoms with Crippen LogP contribution in [0, 0.1) is 11.3 Å². The standard InChI is InChI=1S/C13H26N2O/c1-9(10-7-5-6-8-10)15-12(16)11(14)13(2,3)4/h9-11H,5-8,14H2,1-4H3,(H,15,16)/t9-,11?/m0/s1. The maximum atomic E-state index is 11.9. The number of nitrogens with two attached hydrogens (primary N) is 1. The third kappa shape index (κ3) is 3.48. The summed E-state index contributed by atoms with van der Waals surface area (Å²) in [5.41, 5.74) is 5.76. The van der Waals surface area contributed by atoms with Gasteiger partial charge in [-0.25, -0.2) is 0 Å². The van der Waals surface area contributed by atoms with E-state index in [0.717, 1.165) is 0 Å². The van der Waals surface area contributed by atoms with Gasteiger partial charge in [-0.05, 0) is 31.1 Å². The zero-order valence-electron chi connectivity index (χ0n) is 11.0. The fourth-order valence-corrected chi connectivity index (χ4v) is 2.28. The van der Waals surface area contributed by atoms with Gasteiger partial charge in [0, 0.05) is 6.04 Å². The molecule has 1 saturated carbocycles. The Morgan fingerprint density at radius 1 is 1.31 bits per heavy atom. The Hall–Kier alpha value is -0.570. The Kier molecular flexibility index (Phi) is 4.36. The molecule has 3 heteroatoms. The van der Waals surface area contributed by atoms with Crippen molar-refractivity contribution in [3.05, 3.63) is 0 Å². The number of hydrogen-bond donors (Lipinski definition) is 2. The van der Waals surface area contributed by atoms with Crippen LogP contribution in [0.2, 0.25) is 0 Å². The van der Waals surface area contributed by atoms with Crippen LogP contribution in [0.25, 0.3) is 0 Å². The lowest BCUT2D eigenvalue weighted by atomic mass is 9.86. The van der Waals surface area contributed by atoms with E-state index in [0.29, 0.717) is 5.92 Å². The largest absolute Gasteiger partial charge is 0.352 e. The van der Waals surface area contributed by atoms with E-state index >= 15 is 0 Å². The molecular weight excluding hydrogens is 200 g/mol. The number of hydrogen-bond acceptors (Lipinski definition) is 2. The van der Waals surface area contributed by atoms with Gasteiger partial charge in [0.25, 0.3) is 0 Å². The highest BCUT2D eigenvalue weighted by Gasteiger charge is 2.30. The van der Waals surface area contributed by atoms with Crippen LogP contribution in [0.5, 0.6) is 0 Å². The van der Waals surface area contributed by atoms with Crippen LogP contribution < -0.4 is 11.1 Å². The summed E-state index contributed by atoms with van der Waals surface area (Å²) in [7, 11) is 0. The van der Waals surface area contributed by atoms with Gasteiger partial charge >= 0.3 is 0 Å². The van der Waals surface area contributed by atoms with E-state index in [1.165, 1.54) is 25.7 Å². The zero-order valence-corrected chi connectivity index (χ0v) is 11.0. The lowest BCUT2D eigenvalue weighted by Crippen LogP contribution is -2.52. The summed E-state index contributed by atoms with van der Waals surface area (Å²) in [6.45, 7) is 8.09. The second-order valence-electron chi connectivity index (χ2n) is 6.19. The van der Waals surface area contributed by atoms with Gasteiger partial charge in [-0.1, -0.05) is 33.6 Å². The van der Waals surface area contributed by atoms with E-state index in [-0.39, 0.29) is 17.4 Å². The average molecular weight is 226 g/mol. The first-order valence-corrected chi connectivity index (χ1v) is 6.38. The smallest absolute Gasteiger partial charge is 0.237 e. The molecule has 1 unspecified atom stereocenters. The first-order valence-electron chi connectivity index (χ1n) is 6.38. The number of rotatable bonds is 3. The van der Waals surface area contributed by atoms with E-state index in [4.69, 9.17) is 5.73 Å². The van der Waals surface area contributed by atoms with E-state index in [9.17, 15) is 4.79 Å². The van der Waals surface area contributed by atoms with Crippen molar-refractivity contribution in [3.63, 3.8) is 0 Å². The zero-order chi connectivity index (χ0) is 12.3. The second kappa shape index (κ2) is 5.17. The average Bonchev–Trinajstić information content (AvgIpc) is 2.67. The van der Waals surface area contributed by atoms with Crippen LogP contribution in [0.4, 0.5) is 0 Å². The molecule has 0 saturated heterocycles. The number of nitrogens with one attached hydrogen (secondary N) is 1. The highest BCUT2D eigenvalue weighted by Crippen LogP contribution is 2.27. The van der Waals surface area contributed by atoms with Gasteiger partial charge in [0.1, 0.15) is 0 Å². The van der Waals surface area contributed by atoms with E-state index in [1.54, 1.807) is 0 Å². The summed E-state index contributed by atoms with van der Waals surface area (Å²) in [6.07, 6.45) is 5.09. The van der Waals surface area contributed by atoms with Gasteiger partial charge < -0.3 is 11.1 Å². The van der Waals surface area contributed by atoms with Crippen molar-refractivity contribution in [1.29, 1.82) is 0 Å². The molecule has 2 atom stereocenters. The second-order valence-corrected chi connectivity index (χ2v) is 6.19. The quantitative estimate of drug-likeness (QED) is 0.774. The van der Waals surface area contributed by atoms with Crippen molar-refractivity contribution in [3.8, 4) is 0 Å². The van der Waals surface area contributed by atoms with Gasteiger partial charge in [-0.15, -0.1) is 0 Å². The monoisotopic (exact) mass is 226 g/mol. The lowest BCUT2D eigenvalue weighted by Gasteiger charge is -2.29. The van der Waals surface area contributed by atoms with E-state index in [2.05, 4.69) is 12.2 Å². The number of amides is 1. The minimum absolute atomic E-state index is 0.00750. The van der Waals surface area contributed by atoms with Gasteiger partial charge in [0.05, 0.1) is 6.04 Å². The van der Waals surface area contributed by atoms with Crippen LogP contribution in [0.15, 0.2) is 0 Å². The lowest BCUT2D eigenvalue weighted by molar-refractivity contribution is -0.125. The molecule has 3 nitrogen and oxygen atoms in total. The topological polar surface area (TPSA) is 55.1 Å². The minimum Gasteiger partial charge on any atom is -0.352 e. The Morgan fingerprint density at radius 2 is 1.81 bits per heavy atom. The summed E-state index contributed by atoms with van der Waals surface area (Å²) >= 11 is 0. The number of carbonyl (C=O) groups is 1. The van der Waals surface area contributed by atoms with Crippen LogP contribution in [0.1, 0.15) is 53.4 Å². The van der Waals surface area contributed by atoms with Crippen molar-refractivity contribution in [2.75, 3.05) is 0 Å². The molecule has 0 aromatic rings. The van der Waals surface area contributed by atoms with Gasteiger partial charge in [0.2, 0.25) is 5.91 Å². The van der Waals surface area contributed by atoms with E-state index in [1.807, 2.05) is 20.8 Å². The Morgan fingerprint density at radius 3 is 2.25 bits per heavy atom. The van der Waals surface area contributed by atoms with Gasteiger partial charge in [-0.2, -0.15) is 0 Å². The normalized spacial score (nSPS) is 21.8. The number of carbonyl (C=O) groups excluding carboxylic acids is 1. The molecule has 16 heavy (non-hydrogen) atoms. The highest BCUT2D eigenvalue weighted by molar-refractivity contribution is 5.82. The minimum atomic E-state index is -0.420. The van der Waals surface area contributed by atoms with Gasteiger partial charge in [-0.3, -0.25) is 4.79 Å². The van der Waals surface area contributed by atoms with Crippen LogP contribution in [0.3, 0.4) is 0 Å². The molecule has 1 aliphatic rings. The summed E-state index contributed by atoms with van der Waals surface area (Å²) in [4.78, 5) is 11.9. The molecule has 0 spiro atoms. The Balaban J connectivity index is 2.44. The molecule has 3 N–H and O–H groups in total. The molecule has 1 fully saturated rings. The fourth-order valence-electron chi connectivity index (χ4n) is 2.28. The summed E-state index contributed by atoms with van der Waals surface area (Å²) in [5.74, 6) is 0.642. The maximum Gasteiger partial charge on any atom is 0.237 e. The Bertz CT molecular complexity index is 239. The predicted molar refractivity (Wildman–Crippen MR) is 67.0 cm³/mol. The highest BCUT2D eigenvalue weighted by atomic mass is 16.2. The summed E-state index contributed by atoms with van der Waals surface area (Å²) < 4.78 is 0. The van der Waals surface area contributed by atoms with Crippen molar-refractivity contribution in [2.45, 2.75) is 65.5 Å². The summed E-state index contributed by atoms with van der Waals surface area (Å²) in [5, 5.41) is 3.06. The molecule has 0 aromatic heterocycles. The molecule has 0 bridgehead atoms. The van der Waals surface area contributed by atoms with Crippen LogP contribution >= 0.6 is 0 Å². The van der Waals surface area contributed by atoms with Gasteiger partial charge in [0.15, 0.2) is 0 Å².